The van der Waals surface area contributed by atoms with E-state index < -0.39 is 11.7 Å². The van der Waals surface area contributed by atoms with E-state index in [4.69, 9.17) is 24.9 Å². The summed E-state index contributed by atoms with van der Waals surface area (Å²) in [6.07, 6.45) is 0.758. The number of amides is 1. The third-order valence-corrected chi connectivity index (χ3v) is 7.60. The van der Waals surface area contributed by atoms with Gasteiger partial charge in [-0.05, 0) is 42.4 Å². The first-order chi connectivity index (χ1) is 17.9. The molecule has 4 aromatic rings. The summed E-state index contributed by atoms with van der Waals surface area (Å²) in [5.74, 6) is 0.479. The number of thiophene rings is 1. The maximum absolute atomic E-state index is 14.2. The number of nitrogen functional groups attached to an aromatic ring is 1. The van der Waals surface area contributed by atoms with E-state index in [0.717, 1.165) is 35.3 Å². The monoisotopic (exact) mass is 522 g/mol. The molecule has 0 saturated carbocycles. The first-order valence-corrected chi connectivity index (χ1v) is 12.5. The van der Waals surface area contributed by atoms with Gasteiger partial charge >= 0.3 is 0 Å². The number of nitrogens with one attached hydrogen (secondary N) is 1. The molecule has 0 unspecified atom stereocenters. The summed E-state index contributed by atoms with van der Waals surface area (Å²) in [4.78, 5) is 21.3. The minimum Gasteiger partial charge on any atom is -0.493 e. The van der Waals surface area contributed by atoms with Gasteiger partial charge in [0, 0.05) is 36.2 Å². The highest BCUT2D eigenvalue weighted by Gasteiger charge is 2.28. The molecule has 2 aromatic carbocycles. The third kappa shape index (κ3) is 4.32. The van der Waals surface area contributed by atoms with Gasteiger partial charge in [0.25, 0.3) is 5.91 Å². The number of aromatic nitrogens is 1. The van der Waals surface area contributed by atoms with Gasteiger partial charge in [-0.25, -0.2) is 9.37 Å². The first-order valence-electron chi connectivity index (χ1n) is 11.6. The minimum atomic E-state index is -0.523. The van der Waals surface area contributed by atoms with Crippen LogP contribution < -0.4 is 25.3 Å². The van der Waals surface area contributed by atoms with Crippen molar-refractivity contribution in [2.24, 2.45) is 0 Å². The van der Waals surface area contributed by atoms with E-state index in [2.05, 4.69) is 17.3 Å². The topological polar surface area (TPSA) is 98.9 Å². The lowest BCUT2D eigenvalue weighted by atomic mass is 9.91. The van der Waals surface area contributed by atoms with Crippen molar-refractivity contribution in [3.63, 3.8) is 0 Å². The van der Waals surface area contributed by atoms with Crippen LogP contribution in [-0.4, -0.2) is 50.7 Å². The molecule has 8 nitrogen and oxygen atoms in total. The van der Waals surface area contributed by atoms with Crippen molar-refractivity contribution in [3.05, 3.63) is 58.3 Å². The summed E-state index contributed by atoms with van der Waals surface area (Å²) in [5, 5.41) is 3.31. The second-order valence-electron chi connectivity index (χ2n) is 8.77. The van der Waals surface area contributed by atoms with Crippen LogP contribution in [-0.2, 0) is 13.0 Å². The van der Waals surface area contributed by atoms with E-state index in [1.54, 1.807) is 33.5 Å². The van der Waals surface area contributed by atoms with E-state index in [-0.39, 0.29) is 10.6 Å². The van der Waals surface area contributed by atoms with Gasteiger partial charge in [0.05, 0.1) is 32.7 Å². The van der Waals surface area contributed by atoms with Gasteiger partial charge in [-0.15, -0.1) is 11.3 Å². The normalized spacial score (nSPS) is 13.3. The van der Waals surface area contributed by atoms with Crippen LogP contribution in [0, 0.1) is 5.82 Å². The van der Waals surface area contributed by atoms with Crippen molar-refractivity contribution >= 4 is 38.8 Å². The molecule has 0 aliphatic carbocycles. The van der Waals surface area contributed by atoms with Crippen LogP contribution in [0.1, 0.15) is 20.9 Å². The number of pyridine rings is 1. The summed E-state index contributed by atoms with van der Waals surface area (Å²) in [7, 11) is 6.74. The molecule has 0 spiro atoms. The minimum absolute atomic E-state index is 0.0862. The molecule has 2 aromatic heterocycles. The lowest BCUT2D eigenvalue weighted by molar-refractivity contribution is 0.103. The first kappa shape index (κ1) is 24.8. The lowest BCUT2D eigenvalue weighted by Gasteiger charge is -2.27. The molecule has 0 radical (unpaired) electrons. The van der Waals surface area contributed by atoms with Gasteiger partial charge in [0.2, 0.25) is 5.75 Å². The third-order valence-electron chi connectivity index (χ3n) is 6.50. The average molecular weight is 523 g/mol. The summed E-state index contributed by atoms with van der Waals surface area (Å²) in [6, 6.07) is 9.77. The number of rotatable bonds is 6. The molecular weight excluding hydrogens is 495 g/mol. The van der Waals surface area contributed by atoms with Crippen molar-refractivity contribution in [3.8, 4) is 28.4 Å². The molecule has 1 aliphatic rings. The number of anilines is 2. The van der Waals surface area contributed by atoms with Crippen LogP contribution in [0.3, 0.4) is 0 Å². The standard InChI is InChI=1S/C27H27FN4O4S/c1-32-10-9-17-15(13-32)21(14-11-19(34-2)24(36-4)20(12-14)35-3)22-23(29)25(37-27(22)31-17)26(33)30-18-8-6-5-7-16(18)28/h5-8,11-12H,9-10,13,29H2,1-4H3,(H,30,33). The number of fused-ring (bicyclic) bond motifs is 2. The van der Waals surface area contributed by atoms with Crippen LogP contribution in [0.4, 0.5) is 15.8 Å². The smallest absolute Gasteiger partial charge is 0.268 e. The molecule has 192 valence electrons. The van der Waals surface area contributed by atoms with E-state index in [1.807, 2.05) is 12.1 Å². The fourth-order valence-electron chi connectivity index (χ4n) is 4.71. The quantitative estimate of drug-likeness (QED) is 0.370. The zero-order chi connectivity index (χ0) is 26.3. The molecule has 0 saturated heterocycles. The van der Waals surface area contributed by atoms with E-state index in [9.17, 15) is 9.18 Å². The number of hydrogen-bond acceptors (Lipinski definition) is 8. The molecule has 0 fully saturated rings. The Kier molecular flexibility index (Phi) is 6.61. The number of carbonyl (C=O) groups is 1. The van der Waals surface area contributed by atoms with Crippen molar-refractivity contribution in [1.82, 2.24) is 9.88 Å². The zero-order valence-electron chi connectivity index (χ0n) is 21.0. The summed E-state index contributed by atoms with van der Waals surface area (Å²) in [6.45, 7) is 1.53. The largest absolute Gasteiger partial charge is 0.493 e. The SMILES string of the molecule is COc1cc(-c2c3c(nc4sc(C(=O)Nc5ccccc5F)c(N)c24)CCN(C)C3)cc(OC)c1OC. The summed E-state index contributed by atoms with van der Waals surface area (Å²) in [5.41, 5.74) is 10.7. The fraction of sp³-hybridized carbons (Fsp3) is 0.259. The van der Waals surface area contributed by atoms with Gasteiger partial charge in [0.1, 0.15) is 15.5 Å². The lowest BCUT2D eigenvalue weighted by Crippen LogP contribution is -2.28. The Balaban J connectivity index is 1.74. The van der Waals surface area contributed by atoms with E-state index in [0.29, 0.717) is 39.7 Å². The number of halogens is 1. The number of benzene rings is 2. The maximum atomic E-state index is 14.2. The Morgan fingerprint density at radius 1 is 1.14 bits per heavy atom. The van der Waals surface area contributed by atoms with Crippen molar-refractivity contribution in [2.45, 2.75) is 13.0 Å². The second kappa shape index (κ2) is 9.87. The highest BCUT2D eigenvalue weighted by molar-refractivity contribution is 7.21. The number of ether oxygens (including phenoxy) is 3. The number of nitrogens with zero attached hydrogens (tertiary/aromatic N) is 2. The van der Waals surface area contributed by atoms with Gasteiger partial charge in [-0.3, -0.25) is 4.79 Å². The van der Waals surface area contributed by atoms with Gasteiger partial charge in [-0.2, -0.15) is 0 Å². The molecule has 1 aliphatic heterocycles. The molecule has 0 bridgehead atoms. The highest BCUT2D eigenvalue weighted by atomic mass is 32.1. The van der Waals surface area contributed by atoms with Crippen molar-refractivity contribution < 1.29 is 23.4 Å². The maximum Gasteiger partial charge on any atom is 0.268 e. The Hall–Kier alpha value is -3.89. The average Bonchev–Trinajstić information content (AvgIpc) is 3.23. The number of nitrogens with two attached hydrogens (primary N) is 1. The molecule has 37 heavy (non-hydrogen) atoms. The van der Waals surface area contributed by atoms with Gasteiger partial charge < -0.3 is 30.2 Å². The summed E-state index contributed by atoms with van der Waals surface area (Å²) >= 11 is 1.20. The second-order valence-corrected chi connectivity index (χ2v) is 9.77. The number of likely N-dealkylation sites (N-methyl/N-ethyl adjacent to an activating group) is 1. The van der Waals surface area contributed by atoms with Crippen LogP contribution in [0.5, 0.6) is 17.2 Å². The molecule has 3 heterocycles. The Morgan fingerprint density at radius 2 is 1.84 bits per heavy atom. The van der Waals surface area contributed by atoms with E-state index >= 15 is 0 Å². The Morgan fingerprint density at radius 3 is 2.49 bits per heavy atom. The van der Waals surface area contributed by atoms with Crippen LogP contribution in [0.25, 0.3) is 21.3 Å². The summed E-state index contributed by atoms with van der Waals surface area (Å²) < 4.78 is 30.9. The number of hydrogen-bond donors (Lipinski definition) is 2. The zero-order valence-corrected chi connectivity index (χ0v) is 21.8. The van der Waals surface area contributed by atoms with Crippen LogP contribution in [0.15, 0.2) is 36.4 Å². The van der Waals surface area contributed by atoms with Crippen molar-refractivity contribution in [1.29, 1.82) is 0 Å². The predicted octanol–water partition coefficient (Wildman–Crippen LogP) is 4.95. The van der Waals surface area contributed by atoms with E-state index in [1.165, 1.54) is 23.5 Å². The van der Waals surface area contributed by atoms with Gasteiger partial charge in [-0.1, -0.05) is 12.1 Å². The molecule has 1 amide bonds. The number of methoxy groups -OCH3 is 3. The van der Waals surface area contributed by atoms with Gasteiger partial charge in [0.15, 0.2) is 11.5 Å². The molecular formula is C27H27FN4O4S. The Bertz CT molecular complexity index is 1500. The molecule has 10 heteroatoms. The highest BCUT2D eigenvalue weighted by Crippen LogP contribution is 2.47. The number of para-hydroxylation sites is 1. The molecule has 0 atom stereocenters. The molecule has 3 N–H and O–H groups in total. The fourth-order valence-corrected chi connectivity index (χ4v) is 5.73. The van der Waals surface area contributed by atoms with Crippen LogP contribution >= 0.6 is 11.3 Å². The van der Waals surface area contributed by atoms with Crippen molar-refractivity contribution in [2.75, 3.05) is 46.0 Å². The number of carbonyl (C=O) groups excluding carboxylic acids is 1. The Labute approximate surface area is 217 Å². The van der Waals surface area contributed by atoms with Crippen LogP contribution in [0.2, 0.25) is 0 Å². The predicted molar refractivity (Wildman–Crippen MR) is 144 cm³/mol. The molecule has 5 rings (SSSR count).